The summed E-state index contributed by atoms with van der Waals surface area (Å²) in [6.07, 6.45) is -0.666. The molecule has 2 heterocycles. The second-order valence-corrected chi connectivity index (χ2v) is 9.33. The first-order valence-corrected chi connectivity index (χ1v) is 11.8. The van der Waals surface area contributed by atoms with E-state index in [2.05, 4.69) is 20.6 Å². The van der Waals surface area contributed by atoms with Gasteiger partial charge in [-0.25, -0.2) is 4.39 Å². The van der Waals surface area contributed by atoms with E-state index in [1.54, 1.807) is 18.2 Å². The number of Topliss-reactive ketones (excluding diaryl/α,β-unsaturated/α-hetero) is 2. The van der Waals surface area contributed by atoms with Gasteiger partial charge in [0.25, 0.3) is 0 Å². The minimum absolute atomic E-state index is 0.0298. The summed E-state index contributed by atoms with van der Waals surface area (Å²) >= 11 is 0. The van der Waals surface area contributed by atoms with Crippen LogP contribution < -0.4 is 10.6 Å². The van der Waals surface area contributed by atoms with Crippen molar-refractivity contribution in [2.75, 3.05) is 5.32 Å². The molecule has 1 amide bonds. The third-order valence-electron chi connectivity index (χ3n) is 6.23. The van der Waals surface area contributed by atoms with E-state index in [0.29, 0.717) is 35.9 Å². The Kier molecular flexibility index (Phi) is 7.56. The van der Waals surface area contributed by atoms with Gasteiger partial charge in [-0.15, -0.1) is 0 Å². The van der Waals surface area contributed by atoms with E-state index in [-0.39, 0.29) is 48.2 Å². The Morgan fingerprint density at radius 1 is 0.974 bits per heavy atom. The number of hydrogen-bond acceptors (Lipinski definition) is 6. The number of alkyl halides is 3. The minimum Gasteiger partial charge on any atom is -0.354 e. The molecule has 0 radical (unpaired) electrons. The van der Waals surface area contributed by atoms with Crippen molar-refractivity contribution in [3.63, 3.8) is 0 Å². The summed E-state index contributed by atoms with van der Waals surface area (Å²) in [5.74, 6) is -1.53. The van der Waals surface area contributed by atoms with E-state index < -0.39 is 23.0 Å². The zero-order valence-corrected chi connectivity index (χ0v) is 20.4. The van der Waals surface area contributed by atoms with Crippen LogP contribution in [0, 0.1) is 11.2 Å². The number of nitrogens with one attached hydrogen (secondary N) is 2. The van der Waals surface area contributed by atoms with Gasteiger partial charge in [-0.1, -0.05) is 0 Å². The Morgan fingerprint density at radius 2 is 1.68 bits per heavy atom. The highest BCUT2D eigenvalue weighted by molar-refractivity contribution is 6.00. The molecule has 11 heteroatoms. The third-order valence-corrected chi connectivity index (χ3v) is 6.23. The highest BCUT2D eigenvalue weighted by Gasteiger charge is 2.51. The molecule has 2 N–H and O–H groups in total. The quantitative estimate of drug-likeness (QED) is 0.278. The van der Waals surface area contributed by atoms with E-state index in [1.165, 1.54) is 25.4 Å². The van der Waals surface area contributed by atoms with Crippen LogP contribution in [0.25, 0.3) is 0 Å². The molecular formula is C27H24F4N4O3. The standard InChI is InChI=1S/C27H24F4N4O3/c1-16(36)10-19-4-2-17(13-32-19)24(37)12-26(8-9-26)25(38)34-14-20-5-6-21(15-33-20)35-23-7-3-18(28)11-22(23)27(29,30)31/h2-7,11,13,15,35H,8-10,12,14H2,1H3,(H,34,38). The summed E-state index contributed by atoms with van der Waals surface area (Å²) < 4.78 is 52.9. The van der Waals surface area contributed by atoms with Crippen LogP contribution in [0.1, 0.15) is 53.5 Å². The van der Waals surface area contributed by atoms with Crippen LogP contribution in [0.5, 0.6) is 0 Å². The predicted molar refractivity (Wildman–Crippen MR) is 130 cm³/mol. The van der Waals surface area contributed by atoms with Gasteiger partial charge in [-0.3, -0.25) is 24.4 Å². The summed E-state index contributed by atoms with van der Waals surface area (Å²) in [6, 6.07) is 8.60. The molecule has 0 bridgehead atoms. The molecule has 1 aliphatic carbocycles. The summed E-state index contributed by atoms with van der Waals surface area (Å²) in [5, 5.41) is 5.36. The van der Waals surface area contributed by atoms with E-state index in [1.807, 2.05) is 0 Å². The van der Waals surface area contributed by atoms with E-state index in [9.17, 15) is 31.9 Å². The van der Waals surface area contributed by atoms with Crippen LogP contribution in [0.15, 0.2) is 54.9 Å². The molecule has 0 atom stereocenters. The lowest BCUT2D eigenvalue weighted by Crippen LogP contribution is -2.33. The summed E-state index contributed by atoms with van der Waals surface area (Å²) in [7, 11) is 0. The fourth-order valence-electron chi connectivity index (χ4n) is 3.97. The summed E-state index contributed by atoms with van der Waals surface area (Å²) in [6.45, 7) is 1.53. The molecule has 1 fully saturated rings. The lowest BCUT2D eigenvalue weighted by Gasteiger charge is -2.16. The van der Waals surface area contributed by atoms with Gasteiger partial charge < -0.3 is 10.6 Å². The molecule has 198 valence electrons. The molecular weight excluding hydrogens is 504 g/mol. The van der Waals surface area contributed by atoms with Crippen molar-refractivity contribution in [2.24, 2.45) is 5.41 Å². The van der Waals surface area contributed by atoms with Crippen molar-refractivity contribution in [1.82, 2.24) is 15.3 Å². The smallest absolute Gasteiger partial charge is 0.354 e. The zero-order valence-electron chi connectivity index (χ0n) is 20.4. The summed E-state index contributed by atoms with van der Waals surface area (Å²) in [5.41, 5.74) is -0.591. The van der Waals surface area contributed by atoms with Crippen molar-refractivity contribution >= 4 is 28.8 Å². The van der Waals surface area contributed by atoms with Crippen LogP contribution >= 0.6 is 0 Å². The molecule has 38 heavy (non-hydrogen) atoms. The number of ketones is 2. The van der Waals surface area contributed by atoms with Gasteiger partial charge in [-0.05, 0) is 62.2 Å². The molecule has 0 aliphatic heterocycles. The largest absolute Gasteiger partial charge is 0.418 e. The van der Waals surface area contributed by atoms with Crippen LogP contribution in [0.2, 0.25) is 0 Å². The van der Waals surface area contributed by atoms with Crippen molar-refractivity contribution in [3.8, 4) is 0 Å². The average molecular weight is 529 g/mol. The van der Waals surface area contributed by atoms with Crippen LogP contribution in [0.4, 0.5) is 28.9 Å². The lowest BCUT2D eigenvalue weighted by molar-refractivity contribution is -0.137. The van der Waals surface area contributed by atoms with Crippen molar-refractivity contribution in [3.05, 3.63) is 83.2 Å². The lowest BCUT2D eigenvalue weighted by atomic mass is 9.95. The van der Waals surface area contributed by atoms with E-state index in [0.717, 1.165) is 12.1 Å². The first-order valence-electron chi connectivity index (χ1n) is 11.8. The predicted octanol–water partition coefficient (Wildman–Crippen LogP) is 5.18. The molecule has 7 nitrogen and oxygen atoms in total. The van der Waals surface area contributed by atoms with Crippen LogP contribution in [-0.4, -0.2) is 27.4 Å². The van der Waals surface area contributed by atoms with Crippen LogP contribution in [0.3, 0.4) is 0 Å². The fourth-order valence-corrected chi connectivity index (χ4v) is 3.97. The Hall–Kier alpha value is -4.15. The van der Waals surface area contributed by atoms with Gasteiger partial charge in [0.1, 0.15) is 11.6 Å². The number of carbonyl (C=O) groups excluding carboxylic acids is 3. The molecule has 3 aromatic rings. The average Bonchev–Trinajstić information content (AvgIpc) is 3.64. The highest BCUT2D eigenvalue weighted by Crippen LogP contribution is 2.49. The maximum atomic E-state index is 13.3. The molecule has 1 aromatic carbocycles. The second-order valence-electron chi connectivity index (χ2n) is 9.33. The SMILES string of the molecule is CC(=O)Cc1ccc(C(=O)CC2(C(=O)NCc3ccc(Nc4ccc(F)cc4C(F)(F)F)cn3)CC2)cn1. The normalized spacial score (nSPS) is 14.0. The van der Waals surface area contributed by atoms with Crippen molar-refractivity contribution in [1.29, 1.82) is 0 Å². The minimum atomic E-state index is -4.74. The first-order chi connectivity index (χ1) is 17.9. The van der Waals surface area contributed by atoms with Gasteiger partial charge in [0.15, 0.2) is 5.78 Å². The topological polar surface area (TPSA) is 101 Å². The van der Waals surface area contributed by atoms with Gasteiger partial charge in [0.2, 0.25) is 5.91 Å². The number of nitrogens with zero attached hydrogens (tertiary/aromatic N) is 2. The molecule has 1 saturated carbocycles. The fraction of sp³-hybridized carbons (Fsp3) is 0.296. The highest BCUT2D eigenvalue weighted by atomic mass is 19.4. The van der Waals surface area contributed by atoms with Gasteiger partial charge in [-0.2, -0.15) is 13.2 Å². The second kappa shape index (κ2) is 10.7. The number of rotatable bonds is 10. The number of hydrogen-bond donors (Lipinski definition) is 2. The van der Waals surface area contributed by atoms with Gasteiger partial charge in [0, 0.05) is 30.3 Å². The Labute approximate surface area is 215 Å². The maximum Gasteiger partial charge on any atom is 0.418 e. The molecule has 0 unspecified atom stereocenters. The molecule has 0 spiro atoms. The molecule has 1 aliphatic rings. The number of benzene rings is 1. The van der Waals surface area contributed by atoms with E-state index >= 15 is 0 Å². The van der Waals surface area contributed by atoms with Crippen molar-refractivity contribution in [2.45, 2.75) is 45.3 Å². The van der Waals surface area contributed by atoms with Gasteiger partial charge in [0.05, 0.1) is 40.8 Å². The Morgan fingerprint density at radius 3 is 2.26 bits per heavy atom. The maximum absolute atomic E-state index is 13.3. The number of aromatic nitrogens is 2. The number of halogens is 4. The number of pyridine rings is 2. The zero-order chi connectivity index (χ0) is 27.5. The third kappa shape index (κ3) is 6.58. The Bertz CT molecular complexity index is 1350. The monoisotopic (exact) mass is 528 g/mol. The number of amides is 1. The summed E-state index contributed by atoms with van der Waals surface area (Å²) in [4.78, 5) is 45.0. The van der Waals surface area contributed by atoms with E-state index in [4.69, 9.17) is 0 Å². The first kappa shape index (κ1) is 26.9. The number of anilines is 2. The molecule has 0 saturated heterocycles. The molecule has 4 rings (SSSR count). The van der Waals surface area contributed by atoms with Crippen molar-refractivity contribution < 1.29 is 31.9 Å². The van der Waals surface area contributed by atoms with Crippen LogP contribution in [-0.2, 0) is 28.7 Å². The molecule has 2 aromatic heterocycles. The van der Waals surface area contributed by atoms with Gasteiger partial charge >= 0.3 is 6.18 Å². The Balaban J connectivity index is 1.32. The number of carbonyl (C=O) groups is 3.